The lowest BCUT2D eigenvalue weighted by Crippen LogP contribution is -2.48. The molecule has 0 aromatic heterocycles. The van der Waals surface area contributed by atoms with Gasteiger partial charge in [-0.05, 0) is 19.9 Å². The molecule has 1 unspecified atom stereocenters. The number of likely N-dealkylation sites (N-methyl/N-ethyl adjacent to an activating group) is 1. The first kappa shape index (κ1) is 10.6. The number of nitrogens with two attached hydrogens (primary N) is 1. The van der Waals surface area contributed by atoms with Crippen LogP contribution < -0.4 is 11.1 Å². The van der Waals surface area contributed by atoms with E-state index in [2.05, 4.69) is 5.32 Å². The van der Waals surface area contributed by atoms with E-state index >= 15 is 0 Å². The molecule has 1 atom stereocenters. The highest BCUT2D eigenvalue weighted by Gasteiger charge is 2.24. The molecule has 0 saturated heterocycles. The summed E-state index contributed by atoms with van der Waals surface area (Å²) in [6.07, 6.45) is 0.692. The molecule has 0 spiro atoms. The van der Waals surface area contributed by atoms with Crippen molar-refractivity contribution in [1.29, 1.82) is 0 Å². The van der Waals surface area contributed by atoms with Crippen molar-refractivity contribution in [2.45, 2.75) is 32.7 Å². The van der Waals surface area contributed by atoms with Gasteiger partial charge in [-0.3, -0.25) is 4.79 Å². The number of hydrogen-bond acceptors (Lipinski definition) is 3. The standard InChI is InChI=1S/C8H18N2O/c1-4-8(3,9)7(11)6-10-5-2/h10H,4-6,9H2,1-3H3. The molecular weight excluding hydrogens is 140 g/mol. The Balaban J connectivity index is 3.82. The molecule has 0 amide bonds. The van der Waals surface area contributed by atoms with Gasteiger partial charge in [-0.25, -0.2) is 0 Å². The molecule has 0 aromatic rings. The van der Waals surface area contributed by atoms with Gasteiger partial charge in [0.05, 0.1) is 12.1 Å². The molecule has 0 saturated carbocycles. The van der Waals surface area contributed by atoms with E-state index in [0.29, 0.717) is 13.0 Å². The van der Waals surface area contributed by atoms with Crippen molar-refractivity contribution in [2.24, 2.45) is 5.73 Å². The average Bonchev–Trinajstić information content (AvgIpc) is 2.00. The van der Waals surface area contributed by atoms with Crippen LogP contribution in [0.15, 0.2) is 0 Å². The maximum absolute atomic E-state index is 11.3. The van der Waals surface area contributed by atoms with Crippen molar-refractivity contribution in [1.82, 2.24) is 5.32 Å². The molecule has 0 bridgehead atoms. The quantitative estimate of drug-likeness (QED) is 0.604. The van der Waals surface area contributed by atoms with Crippen LogP contribution in [0, 0.1) is 0 Å². The SMILES string of the molecule is CCNCC(=O)C(C)(N)CC. The second-order valence-corrected chi connectivity index (χ2v) is 2.97. The van der Waals surface area contributed by atoms with Crippen molar-refractivity contribution >= 4 is 5.78 Å². The fraction of sp³-hybridized carbons (Fsp3) is 0.875. The lowest BCUT2D eigenvalue weighted by atomic mass is 9.95. The third-order valence-electron chi connectivity index (χ3n) is 1.91. The van der Waals surface area contributed by atoms with Crippen LogP contribution in [0.2, 0.25) is 0 Å². The predicted molar refractivity (Wildman–Crippen MR) is 46.4 cm³/mol. The smallest absolute Gasteiger partial charge is 0.166 e. The third-order valence-corrected chi connectivity index (χ3v) is 1.91. The molecule has 0 radical (unpaired) electrons. The van der Waals surface area contributed by atoms with E-state index in [1.54, 1.807) is 6.92 Å². The van der Waals surface area contributed by atoms with Gasteiger partial charge >= 0.3 is 0 Å². The highest BCUT2D eigenvalue weighted by atomic mass is 16.1. The molecular formula is C8H18N2O. The maximum atomic E-state index is 11.3. The highest BCUT2D eigenvalue weighted by Crippen LogP contribution is 2.04. The first-order valence-electron chi connectivity index (χ1n) is 4.07. The molecule has 0 heterocycles. The van der Waals surface area contributed by atoms with Gasteiger partial charge in [0.15, 0.2) is 5.78 Å². The third kappa shape index (κ3) is 3.49. The fourth-order valence-corrected chi connectivity index (χ4v) is 0.638. The zero-order valence-corrected chi connectivity index (χ0v) is 7.61. The zero-order chi connectivity index (χ0) is 8.91. The normalized spacial score (nSPS) is 16.0. The second-order valence-electron chi connectivity index (χ2n) is 2.97. The summed E-state index contributed by atoms with van der Waals surface area (Å²) >= 11 is 0. The molecule has 0 fully saturated rings. The summed E-state index contributed by atoms with van der Waals surface area (Å²) in [5, 5.41) is 2.96. The molecule has 3 heteroatoms. The molecule has 0 aliphatic rings. The number of nitrogens with one attached hydrogen (secondary N) is 1. The lowest BCUT2D eigenvalue weighted by Gasteiger charge is -2.20. The molecule has 0 aliphatic heterocycles. The summed E-state index contributed by atoms with van der Waals surface area (Å²) in [5.41, 5.74) is 5.06. The summed E-state index contributed by atoms with van der Waals surface area (Å²) in [6.45, 7) is 6.85. The van der Waals surface area contributed by atoms with E-state index in [9.17, 15) is 4.79 Å². The minimum Gasteiger partial charge on any atom is -0.319 e. The molecule has 11 heavy (non-hydrogen) atoms. The lowest BCUT2D eigenvalue weighted by molar-refractivity contribution is -0.122. The number of carbonyl (C=O) groups is 1. The van der Waals surface area contributed by atoms with Gasteiger partial charge in [-0.15, -0.1) is 0 Å². The van der Waals surface area contributed by atoms with Crippen molar-refractivity contribution in [3.05, 3.63) is 0 Å². The first-order chi connectivity index (χ1) is 5.04. The van der Waals surface area contributed by atoms with Gasteiger partial charge in [0, 0.05) is 0 Å². The maximum Gasteiger partial charge on any atom is 0.166 e. The van der Waals surface area contributed by atoms with Crippen molar-refractivity contribution in [3.8, 4) is 0 Å². The summed E-state index contributed by atoms with van der Waals surface area (Å²) in [4.78, 5) is 11.3. The Morgan fingerprint density at radius 2 is 2.09 bits per heavy atom. The van der Waals surface area contributed by atoms with Crippen LogP contribution in [0.25, 0.3) is 0 Å². The summed E-state index contributed by atoms with van der Waals surface area (Å²) in [6, 6.07) is 0. The highest BCUT2D eigenvalue weighted by molar-refractivity contribution is 5.89. The van der Waals surface area contributed by atoms with E-state index in [-0.39, 0.29) is 5.78 Å². The van der Waals surface area contributed by atoms with E-state index < -0.39 is 5.54 Å². The predicted octanol–water partition coefficient (Wildman–Crippen LogP) is 0.292. The Morgan fingerprint density at radius 1 is 1.55 bits per heavy atom. The topological polar surface area (TPSA) is 55.1 Å². The number of hydrogen-bond donors (Lipinski definition) is 2. The second kappa shape index (κ2) is 4.46. The van der Waals surface area contributed by atoms with Crippen LogP contribution in [0.5, 0.6) is 0 Å². The number of Topliss-reactive ketones (excluding diaryl/α,β-unsaturated/α-hetero) is 1. The van der Waals surface area contributed by atoms with Crippen LogP contribution >= 0.6 is 0 Å². The van der Waals surface area contributed by atoms with Crippen LogP contribution in [0.3, 0.4) is 0 Å². The minimum absolute atomic E-state index is 0.0850. The Kier molecular flexibility index (Phi) is 4.30. The number of carbonyl (C=O) groups excluding carboxylic acids is 1. The Hall–Kier alpha value is -0.410. The molecule has 0 rings (SSSR count). The van der Waals surface area contributed by atoms with Crippen molar-refractivity contribution in [2.75, 3.05) is 13.1 Å². The Labute approximate surface area is 68.3 Å². The largest absolute Gasteiger partial charge is 0.319 e. The number of rotatable bonds is 5. The Morgan fingerprint density at radius 3 is 2.45 bits per heavy atom. The van der Waals surface area contributed by atoms with Crippen LogP contribution in [0.1, 0.15) is 27.2 Å². The molecule has 3 nitrogen and oxygen atoms in total. The van der Waals surface area contributed by atoms with Gasteiger partial charge in [0.1, 0.15) is 0 Å². The first-order valence-corrected chi connectivity index (χ1v) is 4.07. The van der Waals surface area contributed by atoms with Crippen molar-refractivity contribution in [3.63, 3.8) is 0 Å². The van der Waals surface area contributed by atoms with Gasteiger partial charge in [0.2, 0.25) is 0 Å². The molecule has 0 aliphatic carbocycles. The Bertz CT molecular complexity index is 132. The minimum atomic E-state index is -0.651. The summed E-state index contributed by atoms with van der Waals surface area (Å²) in [7, 11) is 0. The van der Waals surface area contributed by atoms with Gasteiger partial charge in [-0.1, -0.05) is 13.8 Å². The van der Waals surface area contributed by atoms with E-state index in [1.807, 2.05) is 13.8 Å². The molecule has 66 valence electrons. The zero-order valence-electron chi connectivity index (χ0n) is 7.61. The van der Waals surface area contributed by atoms with Gasteiger partial charge < -0.3 is 11.1 Å². The van der Waals surface area contributed by atoms with E-state index in [0.717, 1.165) is 6.54 Å². The summed E-state index contributed by atoms with van der Waals surface area (Å²) in [5.74, 6) is 0.0850. The van der Waals surface area contributed by atoms with Crippen LogP contribution in [0.4, 0.5) is 0 Å². The number of ketones is 1. The van der Waals surface area contributed by atoms with Crippen LogP contribution in [-0.2, 0) is 4.79 Å². The van der Waals surface area contributed by atoms with Gasteiger partial charge in [-0.2, -0.15) is 0 Å². The molecule has 0 aromatic carbocycles. The van der Waals surface area contributed by atoms with Gasteiger partial charge in [0.25, 0.3) is 0 Å². The fourth-order valence-electron chi connectivity index (χ4n) is 0.638. The molecule has 3 N–H and O–H groups in total. The monoisotopic (exact) mass is 158 g/mol. The summed E-state index contributed by atoms with van der Waals surface area (Å²) < 4.78 is 0. The van der Waals surface area contributed by atoms with Crippen molar-refractivity contribution < 1.29 is 4.79 Å². The van der Waals surface area contributed by atoms with E-state index in [4.69, 9.17) is 5.73 Å². The van der Waals surface area contributed by atoms with E-state index in [1.165, 1.54) is 0 Å². The average molecular weight is 158 g/mol. The van der Waals surface area contributed by atoms with Crippen LogP contribution in [-0.4, -0.2) is 24.4 Å².